The van der Waals surface area contributed by atoms with E-state index in [0.717, 1.165) is 15.1 Å². The van der Waals surface area contributed by atoms with E-state index in [9.17, 15) is 4.79 Å². The van der Waals surface area contributed by atoms with Crippen molar-refractivity contribution in [1.29, 1.82) is 0 Å². The van der Waals surface area contributed by atoms with Gasteiger partial charge in [-0.3, -0.25) is 10.1 Å². The maximum Gasteiger partial charge on any atom is 0.258 e. The number of amides is 1. The molecule has 0 aliphatic heterocycles. The Morgan fingerprint density at radius 3 is 2.81 bits per heavy atom. The number of nitrogens with one attached hydrogen (secondary N) is 1. The Labute approximate surface area is 138 Å². The molecule has 0 spiro atoms. The van der Waals surface area contributed by atoms with Gasteiger partial charge in [0.05, 0.1) is 9.35 Å². The lowest BCUT2D eigenvalue weighted by Crippen LogP contribution is -2.10. The van der Waals surface area contributed by atoms with Crippen molar-refractivity contribution in [3.63, 3.8) is 0 Å². The summed E-state index contributed by atoms with van der Waals surface area (Å²) in [7, 11) is 0. The van der Waals surface area contributed by atoms with Crippen LogP contribution in [0, 0.1) is 0 Å². The Balaban J connectivity index is 1.66. The molecule has 0 unspecified atom stereocenters. The lowest BCUT2D eigenvalue weighted by Gasteiger charge is -1.98. The number of halogens is 1. The minimum atomic E-state index is -0.127. The minimum absolute atomic E-state index is 0.127. The standard InChI is InChI=1S/C15H11BrN2OS2/c16-13-7-11(9-20-13)14(19)18-15-17-8-12(21-15)6-10-4-2-1-3-5-10/h1-5,7-9H,6H2,(H,17,18,19). The highest BCUT2D eigenvalue weighted by atomic mass is 79.9. The molecule has 1 N–H and O–H groups in total. The smallest absolute Gasteiger partial charge is 0.258 e. The Kier molecular flexibility index (Phi) is 4.48. The average molecular weight is 379 g/mol. The molecule has 106 valence electrons. The van der Waals surface area contributed by atoms with Crippen molar-refractivity contribution in [2.24, 2.45) is 0 Å². The van der Waals surface area contributed by atoms with Gasteiger partial charge in [-0.1, -0.05) is 30.3 Å². The van der Waals surface area contributed by atoms with Crippen LogP contribution in [0.1, 0.15) is 20.8 Å². The summed E-state index contributed by atoms with van der Waals surface area (Å²) >= 11 is 6.35. The lowest BCUT2D eigenvalue weighted by molar-refractivity contribution is 0.102. The van der Waals surface area contributed by atoms with Gasteiger partial charge in [0.25, 0.3) is 5.91 Å². The van der Waals surface area contributed by atoms with Gasteiger partial charge in [-0.25, -0.2) is 4.98 Å². The maximum atomic E-state index is 12.0. The minimum Gasteiger partial charge on any atom is -0.298 e. The number of benzene rings is 1. The van der Waals surface area contributed by atoms with Gasteiger partial charge < -0.3 is 0 Å². The summed E-state index contributed by atoms with van der Waals surface area (Å²) in [5, 5.41) is 5.28. The van der Waals surface area contributed by atoms with E-state index in [1.165, 1.54) is 28.2 Å². The summed E-state index contributed by atoms with van der Waals surface area (Å²) in [6, 6.07) is 12.0. The largest absolute Gasteiger partial charge is 0.298 e. The molecule has 0 radical (unpaired) electrons. The molecule has 0 saturated carbocycles. The van der Waals surface area contributed by atoms with Gasteiger partial charge in [-0.05, 0) is 27.6 Å². The predicted molar refractivity (Wildman–Crippen MR) is 91.3 cm³/mol. The molecule has 0 saturated heterocycles. The summed E-state index contributed by atoms with van der Waals surface area (Å²) in [5.41, 5.74) is 1.88. The van der Waals surface area contributed by atoms with E-state index in [4.69, 9.17) is 0 Å². The molecule has 1 amide bonds. The van der Waals surface area contributed by atoms with Crippen LogP contribution in [-0.2, 0) is 6.42 Å². The zero-order chi connectivity index (χ0) is 14.7. The zero-order valence-electron chi connectivity index (χ0n) is 10.9. The fourth-order valence-electron chi connectivity index (χ4n) is 1.84. The molecule has 0 fully saturated rings. The molecule has 21 heavy (non-hydrogen) atoms. The van der Waals surface area contributed by atoms with Gasteiger partial charge >= 0.3 is 0 Å². The first-order valence-electron chi connectivity index (χ1n) is 6.25. The number of aromatic nitrogens is 1. The SMILES string of the molecule is O=C(Nc1ncc(Cc2ccccc2)s1)c1csc(Br)c1. The molecule has 0 aliphatic rings. The van der Waals surface area contributed by atoms with E-state index < -0.39 is 0 Å². The van der Waals surface area contributed by atoms with Crippen LogP contribution in [0.5, 0.6) is 0 Å². The average Bonchev–Trinajstić information content (AvgIpc) is 3.09. The van der Waals surface area contributed by atoms with E-state index in [-0.39, 0.29) is 5.91 Å². The molecule has 0 aliphatic carbocycles. The third-order valence-corrected chi connectivity index (χ3v) is 5.24. The van der Waals surface area contributed by atoms with Crippen LogP contribution in [0.3, 0.4) is 0 Å². The Bertz CT molecular complexity index is 752. The number of carbonyl (C=O) groups excluding carboxylic acids is 1. The first-order chi connectivity index (χ1) is 10.2. The highest BCUT2D eigenvalue weighted by Gasteiger charge is 2.11. The topological polar surface area (TPSA) is 42.0 Å². The van der Waals surface area contributed by atoms with E-state index in [2.05, 4.69) is 38.4 Å². The third-order valence-electron chi connectivity index (χ3n) is 2.82. The van der Waals surface area contributed by atoms with Gasteiger partial charge in [0.15, 0.2) is 5.13 Å². The highest BCUT2D eigenvalue weighted by molar-refractivity contribution is 9.11. The number of rotatable bonds is 4. The molecule has 0 bridgehead atoms. The molecular weight excluding hydrogens is 368 g/mol. The molecule has 1 aromatic carbocycles. The lowest BCUT2D eigenvalue weighted by atomic mass is 10.1. The fraction of sp³-hybridized carbons (Fsp3) is 0.0667. The quantitative estimate of drug-likeness (QED) is 0.707. The van der Waals surface area contributed by atoms with E-state index in [1.54, 1.807) is 6.07 Å². The van der Waals surface area contributed by atoms with Crippen LogP contribution >= 0.6 is 38.6 Å². The normalized spacial score (nSPS) is 10.5. The van der Waals surface area contributed by atoms with E-state index in [0.29, 0.717) is 10.7 Å². The van der Waals surface area contributed by atoms with Crippen molar-refractivity contribution in [3.05, 3.63) is 67.8 Å². The zero-order valence-corrected chi connectivity index (χ0v) is 14.1. The summed E-state index contributed by atoms with van der Waals surface area (Å²) in [6.07, 6.45) is 2.65. The first-order valence-corrected chi connectivity index (χ1v) is 8.73. The highest BCUT2D eigenvalue weighted by Crippen LogP contribution is 2.24. The van der Waals surface area contributed by atoms with Gasteiger partial charge in [-0.2, -0.15) is 0 Å². The van der Waals surface area contributed by atoms with Gasteiger partial charge in [-0.15, -0.1) is 22.7 Å². The van der Waals surface area contributed by atoms with Crippen LogP contribution in [-0.4, -0.2) is 10.9 Å². The van der Waals surface area contributed by atoms with Gasteiger partial charge in [0.2, 0.25) is 0 Å². The van der Waals surface area contributed by atoms with Crippen LogP contribution in [0.4, 0.5) is 5.13 Å². The molecule has 3 aromatic rings. The van der Waals surface area contributed by atoms with Gasteiger partial charge in [0.1, 0.15) is 0 Å². The van der Waals surface area contributed by atoms with Crippen LogP contribution in [0.2, 0.25) is 0 Å². The Morgan fingerprint density at radius 1 is 1.29 bits per heavy atom. The second kappa shape index (κ2) is 6.51. The predicted octanol–water partition coefficient (Wildman–Crippen LogP) is 4.81. The number of anilines is 1. The Morgan fingerprint density at radius 2 is 2.10 bits per heavy atom. The van der Waals surface area contributed by atoms with Crippen molar-refractivity contribution in [2.75, 3.05) is 5.32 Å². The summed E-state index contributed by atoms with van der Waals surface area (Å²) in [4.78, 5) is 17.4. The summed E-state index contributed by atoms with van der Waals surface area (Å²) < 4.78 is 0.941. The Hall–Kier alpha value is -1.50. The molecule has 3 nitrogen and oxygen atoms in total. The molecule has 3 rings (SSSR count). The van der Waals surface area contributed by atoms with Crippen LogP contribution < -0.4 is 5.32 Å². The number of nitrogens with zero attached hydrogens (tertiary/aromatic N) is 1. The molecular formula is C15H11BrN2OS2. The maximum absolute atomic E-state index is 12.0. The summed E-state index contributed by atoms with van der Waals surface area (Å²) in [6.45, 7) is 0. The third kappa shape index (κ3) is 3.78. The second-order valence-corrected chi connectivity index (χ2v) is 7.79. The monoisotopic (exact) mass is 378 g/mol. The molecule has 2 aromatic heterocycles. The van der Waals surface area contributed by atoms with Crippen molar-refractivity contribution in [2.45, 2.75) is 6.42 Å². The fourth-order valence-corrected chi connectivity index (χ4v) is 3.82. The molecule has 0 atom stereocenters. The number of carbonyl (C=O) groups is 1. The van der Waals surface area contributed by atoms with Crippen molar-refractivity contribution < 1.29 is 4.79 Å². The van der Waals surface area contributed by atoms with Crippen molar-refractivity contribution in [3.8, 4) is 0 Å². The van der Waals surface area contributed by atoms with Crippen molar-refractivity contribution in [1.82, 2.24) is 4.98 Å². The van der Waals surface area contributed by atoms with Crippen LogP contribution in [0.15, 0.2) is 51.8 Å². The van der Waals surface area contributed by atoms with E-state index in [1.807, 2.05) is 29.8 Å². The van der Waals surface area contributed by atoms with Crippen molar-refractivity contribution >= 4 is 49.6 Å². The second-order valence-electron chi connectivity index (χ2n) is 4.39. The van der Waals surface area contributed by atoms with Gasteiger partial charge in [0, 0.05) is 22.9 Å². The van der Waals surface area contributed by atoms with Crippen LogP contribution in [0.25, 0.3) is 0 Å². The molecule has 2 heterocycles. The number of hydrogen-bond donors (Lipinski definition) is 1. The number of thiophene rings is 1. The summed E-state index contributed by atoms with van der Waals surface area (Å²) in [5.74, 6) is -0.127. The molecule has 6 heteroatoms. The first kappa shape index (κ1) is 14.4. The number of thiazole rings is 1. The van der Waals surface area contributed by atoms with E-state index >= 15 is 0 Å². The number of hydrogen-bond acceptors (Lipinski definition) is 4.